The molecular formula is C13H16F3N5OS. The van der Waals surface area contributed by atoms with Crippen LogP contribution in [-0.4, -0.2) is 29.3 Å². The summed E-state index contributed by atoms with van der Waals surface area (Å²) in [5, 5.41) is 5.52. The average molecular weight is 347 g/mol. The molecule has 1 aromatic rings. The number of nitrogens with two attached hydrogens (primary N) is 2. The van der Waals surface area contributed by atoms with Crippen LogP contribution in [-0.2, 0) is 11.0 Å². The van der Waals surface area contributed by atoms with Gasteiger partial charge in [-0.15, -0.1) is 5.10 Å². The number of rotatable bonds is 3. The molecule has 1 aliphatic rings. The molecule has 0 bridgehead atoms. The van der Waals surface area contributed by atoms with Crippen molar-refractivity contribution in [3.8, 4) is 0 Å². The lowest BCUT2D eigenvalue weighted by molar-refractivity contribution is -0.137. The van der Waals surface area contributed by atoms with Crippen molar-refractivity contribution in [1.29, 1.82) is 0 Å². The highest BCUT2D eigenvalue weighted by molar-refractivity contribution is 7.97. The van der Waals surface area contributed by atoms with Crippen LogP contribution in [0.3, 0.4) is 0 Å². The van der Waals surface area contributed by atoms with Gasteiger partial charge in [0.2, 0.25) is 11.9 Å². The molecule has 1 aliphatic heterocycles. The number of guanidine groups is 1. The maximum Gasteiger partial charge on any atom is 0.416 e. The smallest absolute Gasteiger partial charge is 0.368 e. The highest BCUT2D eigenvalue weighted by Gasteiger charge is 2.32. The number of hydrogen-bond acceptors (Lipinski definition) is 5. The molecule has 0 spiro atoms. The first-order chi connectivity index (χ1) is 10.8. The van der Waals surface area contributed by atoms with E-state index in [1.54, 1.807) is 6.07 Å². The molecule has 1 amide bonds. The first-order valence-electron chi connectivity index (χ1n) is 6.74. The van der Waals surface area contributed by atoms with Gasteiger partial charge in [0.05, 0.1) is 11.5 Å². The molecule has 126 valence electrons. The van der Waals surface area contributed by atoms with Crippen molar-refractivity contribution in [2.24, 2.45) is 22.6 Å². The summed E-state index contributed by atoms with van der Waals surface area (Å²) >= 11 is 1.19. The fraction of sp³-hybridized carbons (Fsp3) is 0.385. The van der Waals surface area contributed by atoms with E-state index >= 15 is 0 Å². The minimum atomic E-state index is -4.37. The normalized spacial score (nSPS) is 19.8. The number of nitrogens with zero attached hydrogens (tertiary/aromatic N) is 2. The van der Waals surface area contributed by atoms with Crippen molar-refractivity contribution in [1.82, 2.24) is 9.62 Å². The summed E-state index contributed by atoms with van der Waals surface area (Å²) in [6.45, 7) is 0.989. The topological polar surface area (TPSA) is 96.7 Å². The summed E-state index contributed by atoms with van der Waals surface area (Å²) in [6.07, 6.45) is -3.79. The van der Waals surface area contributed by atoms with Crippen LogP contribution in [0.1, 0.15) is 12.0 Å². The average Bonchev–Trinajstić information content (AvgIpc) is 2.95. The Bertz CT molecular complexity index is 608. The van der Waals surface area contributed by atoms with Crippen LogP contribution in [0.2, 0.25) is 0 Å². The molecule has 23 heavy (non-hydrogen) atoms. The van der Waals surface area contributed by atoms with E-state index < -0.39 is 11.7 Å². The van der Waals surface area contributed by atoms with Crippen LogP contribution in [0.4, 0.5) is 13.2 Å². The molecule has 0 aliphatic carbocycles. The molecule has 0 radical (unpaired) electrons. The van der Waals surface area contributed by atoms with Crippen LogP contribution in [0.5, 0.6) is 0 Å². The number of halogens is 3. The summed E-state index contributed by atoms with van der Waals surface area (Å²) in [6, 6.07) is 5.09. The molecule has 1 saturated heterocycles. The summed E-state index contributed by atoms with van der Waals surface area (Å²) in [7, 11) is 0. The minimum absolute atomic E-state index is 0.168. The zero-order valence-electron chi connectivity index (χ0n) is 12.0. The molecule has 1 fully saturated rings. The summed E-state index contributed by atoms with van der Waals surface area (Å²) in [4.78, 5) is 12.4. The van der Waals surface area contributed by atoms with E-state index in [4.69, 9.17) is 11.6 Å². The SMILES string of the molecule is N/N=C(\N)NC(=O)C1CCN(Sc2cccc(C(F)(F)F)c2)C1. The third-order valence-electron chi connectivity index (χ3n) is 3.31. The molecule has 2 rings (SSSR count). The molecule has 0 aromatic heterocycles. The predicted molar refractivity (Wildman–Crippen MR) is 80.9 cm³/mol. The van der Waals surface area contributed by atoms with Gasteiger partial charge in [0.25, 0.3) is 0 Å². The fourth-order valence-electron chi connectivity index (χ4n) is 2.16. The Balaban J connectivity index is 1.94. The Morgan fingerprint density at radius 2 is 2.17 bits per heavy atom. The second kappa shape index (κ2) is 7.09. The van der Waals surface area contributed by atoms with Gasteiger partial charge in [0.1, 0.15) is 0 Å². The van der Waals surface area contributed by atoms with Crippen molar-refractivity contribution < 1.29 is 18.0 Å². The second-order valence-electron chi connectivity index (χ2n) is 4.99. The van der Waals surface area contributed by atoms with Crippen LogP contribution in [0.15, 0.2) is 34.3 Å². The first-order valence-corrected chi connectivity index (χ1v) is 7.51. The van der Waals surface area contributed by atoms with Gasteiger partial charge >= 0.3 is 6.18 Å². The highest BCUT2D eigenvalue weighted by atomic mass is 32.2. The summed E-state index contributed by atoms with van der Waals surface area (Å²) in [5.74, 6) is 4.16. The number of benzene rings is 1. The van der Waals surface area contributed by atoms with Crippen molar-refractivity contribution in [2.75, 3.05) is 13.1 Å². The van der Waals surface area contributed by atoms with E-state index in [9.17, 15) is 18.0 Å². The Labute approximate surface area is 135 Å². The Hall–Kier alpha value is -1.94. The maximum absolute atomic E-state index is 12.7. The van der Waals surface area contributed by atoms with E-state index in [2.05, 4.69) is 10.4 Å². The minimum Gasteiger partial charge on any atom is -0.368 e. The highest BCUT2D eigenvalue weighted by Crippen LogP contribution is 2.34. The van der Waals surface area contributed by atoms with Gasteiger partial charge in [0, 0.05) is 18.0 Å². The predicted octanol–water partition coefficient (Wildman–Crippen LogP) is 1.34. The first kappa shape index (κ1) is 17.4. The molecule has 6 nitrogen and oxygen atoms in total. The number of nitrogens with one attached hydrogen (secondary N) is 1. The van der Waals surface area contributed by atoms with Crippen LogP contribution >= 0.6 is 11.9 Å². The third-order valence-corrected chi connectivity index (χ3v) is 4.36. The van der Waals surface area contributed by atoms with E-state index in [1.165, 1.54) is 18.0 Å². The molecule has 1 unspecified atom stereocenters. The number of hydrogen-bond donors (Lipinski definition) is 3. The van der Waals surface area contributed by atoms with Gasteiger partial charge in [-0.3, -0.25) is 10.1 Å². The molecule has 1 heterocycles. The lowest BCUT2D eigenvalue weighted by Gasteiger charge is -2.15. The van der Waals surface area contributed by atoms with E-state index in [-0.39, 0.29) is 17.8 Å². The number of amides is 1. The van der Waals surface area contributed by atoms with Crippen molar-refractivity contribution in [2.45, 2.75) is 17.5 Å². The lowest BCUT2D eigenvalue weighted by atomic mass is 10.1. The largest absolute Gasteiger partial charge is 0.416 e. The van der Waals surface area contributed by atoms with Gasteiger partial charge in [-0.25, -0.2) is 4.31 Å². The van der Waals surface area contributed by atoms with Gasteiger partial charge in [-0.2, -0.15) is 13.2 Å². The Morgan fingerprint density at radius 3 is 2.83 bits per heavy atom. The summed E-state index contributed by atoms with van der Waals surface area (Å²) < 4.78 is 39.9. The van der Waals surface area contributed by atoms with Crippen LogP contribution in [0, 0.1) is 5.92 Å². The lowest BCUT2D eigenvalue weighted by Crippen LogP contribution is -2.41. The van der Waals surface area contributed by atoms with E-state index in [0.29, 0.717) is 24.4 Å². The molecule has 1 aromatic carbocycles. The number of hydrazone groups is 1. The Morgan fingerprint density at radius 1 is 1.43 bits per heavy atom. The van der Waals surface area contributed by atoms with Crippen LogP contribution < -0.4 is 16.9 Å². The van der Waals surface area contributed by atoms with Crippen LogP contribution in [0.25, 0.3) is 0 Å². The quantitative estimate of drug-likeness (QED) is 0.252. The van der Waals surface area contributed by atoms with Crippen molar-refractivity contribution >= 4 is 23.8 Å². The monoisotopic (exact) mass is 347 g/mol. The fourth-order valence-corrected chi connectivity index (χ4v) is 3.23. The third kappa shape index (κ3) is 4.76. The van der Waals surface area contributed by atoms with E-state index in [0.717, 1.165) is 12.1 Å². The Kier molecular flexibility index (Phi) is 5.37. The molecule has 0 saturated carbocycles. The molecule has 10 heteroatoms. The van der Waals surface area contributed by atoms with Crippen molar-refractivity contribution in [3.05, 3.63) is 29.8 Å². The molecular weight excluding hydrogens is 331 g/mol. The van der Waals surface area contributed by atoms with Gasteiger partial charge in [-0.05, 0) is 36.6 Å². The zero-order valence-corrected chi connectivity index (χ0v) is 12.8. The van der Waals surface area contributed by atoms with Gasteiger partial charge in [-0.1, -0.05) is 6.07 Å². The molecule has 5 N–H and O–H groups in total. The number of carbonyl (C=O) groups excluding carboxylic acids is 1. The van der Waals surface area contributed by atoms with Gasteiger partial charge in [0.15, 0.2) is 0 Å². The standard InChI is InChI=1S/C13H16F3N5OS/c14-13(15,16)9-2-1-3-10(6-9)23-21-5-4-8(7-21)11(22)19-12(17)20-18/h1-3,6,8H,4-5,7,18H2,(H3,17,19,20,22). The molecule has 1 atom stereocenters. The number of carbonyl (C=O) groups is 1. The van der Waals surface area contributed by atoms with Gasteiger partial charge < -0.3 is 11.6 Å². The second-order valence-corrected chi connectivity index (χ2v) is 6.16. The number of alkyl halides is 3. The maximum atomic E-state index is 12.7. The van der Waals surface area contributed by atoms with E-state index in [1.807, 2.05) is 4.31 Å². The van der Waals surface area contributed by atoms with Crippen molar-refractivity contribution in [3.63, 3.8) is 0 Å². The summed E-state index contributed by atoms with van der Waals surface area (Å²) in [5.41, 5.74) is 4.63. The zero-order chi connectivity index (χ0) is 17.0.